The summed E-state index contributed by atoms with van der Waals surface area (Å²) in [6.45, 7) is 5.29. The first-order valence-corrected chi connectivity index (χ1v) is 12.0. The molecule has 0 atom stereocenters. The van der Waals surface area contributed by atoms with Crippen molar-refractivity contribution in [1.82, 2.24) is 19.2 Å². The second-order valence-electron chi connectivity index (χ2n) is 7.78. The molecule has 1 N–H and O–H groups in total. The van der Waals surface area contributed by atoms with Gasteiger partial charge in [0.1, 0.15) is 5.82 Å². The molecule has 1 fully saturated rings. The molecular formula is C21H32N4O3S. The van der Waals surface area contributed by atoms with Crippen LogP contribution in [0, 0.1) is 5.92 Å². The van der Waals surface area contributed by atoms with Gasteiger partial charge in [-0.05, 0) is 37.0 Å². The molecule has 1 aliphatic carbocycles. The number of fused-ring (bicyclic) bond motifs is 1. The van der Waals surface area contributed by atoms with E-state index in [1.807, 2.05) is 25.5 Å². The summed E-state index contributed by atoms with van der Waals surface area (Å²) in [5, 5.41) is 3.04. The number of carbonyl (C=O) groups is 1. The van der Waals surface area contributed by atoms with Gasteiger partial charge in [-0.25, -0.2) is 13.4 Å². The van der Waals surface area contributed by atoms with E-state index in [0.29, 0.717) is 37.4 Å². The Labute approximate surface area is 173 Å². The third-order valence-electron chi connectivity index (χ3n) is 5.93. The summed E-state index contributed by atoms with van der Waals surface area (Å²) in [4.78, 5) is 17.1. The monoisotopic (exact) mass is 420 g/mol. The van der Waals surface area contributed by atoms with Crippen molar-refractivity contribution in [1.29, 1.82) is 0 Å². The van der Waals surface area contributed by atoms with Gasteiger partial charge in [0.15, 0.2) is 0 Å². The second-order valence-corrected chi connectivity index (χ2v) is 9.72. The average Bonchev–Trinajstić information content (AvgIpc) is 3.33. The number of benzene rings is 1. The second kappa shape index (κ2) is 9.26. The number of nitrogens with one attached hydrogen (secondary N) is 1. The van der Waals surface area contributed by atoms with Crippen LogP contribution in [-0.2, 0) is 28.3 Å². The van der Waals surface area contributed by atoms with E-state index in [1.165, 1.54) is 30.0 Å². The third kappa shape index (κ3) is 4.80. The molecule has 0 unspecified atom stereocenters. The molecule has 160 valence electrons. The predicted molar refractivity (Wildman–Crippen MR) is 114 cm³/mol. The molecule has 2 aromatic rings. The van der Waals surface area contributed by atoms with E-state index in [9.17, 15) is 13.2 Å². The maximum atomic E-state index is 12.8. The van der Waals surface area contributed by atoms with Crippen LogP contribution in [0.25, 0.3) is 11.0 Å². The first-order chi connectivity index (χ1) is 13.9. The molecule has 1 saturated carbocycles. The van der Waals surface area contributed by atoms with Gasteiger partial charge in [-0.2, -0.15) is 4.31 Å². The van der Waals surface area contributed by atoms with Gasteiger partial charge in [-0.3, -0.25) is 4.79 Å². The summed E-state index contributed by atoms with van der Waals surface area (Å²) in [7, 11) is -1.62. The van der Waals surface area contributed by atoms with E-state index < -0.39 is 10.0 Å². The van der Waals surface area contributed by atoms with Crippen molar-refractivity contribution >= 4 is 27.0 Å². The molecule has 0 radical (unpaired) electrons. The number of aromatic nitrogens is 2. The lowest BCUT2D eigenvalue weighted by atomic mass is 10.1. The number of rotatable bonds is 9. The molecule has 0 spiro atoms. The van der Waals surface area contributed by atoms with Crippen molar-refractivity contribution in [2.75, 3.05) is 19.6 Å². The van der Waals surface area contributed by atoms with E-state index in [0.717, 1.165) is 17.9 Å². The fraction of sp³-hybridized carbons (Fsp3) is 0.619. The molecule has 7 nitrogen and oxygen atoms in total. The van der Waals surface area contributed by atoms with Crippen LogP contribution in [0.5, 0.6) is 0 Å². The minimum atomic E-state index is -3.52. The van der Waals surface area contributed by atoms with Crippen molar-refractivity contribution in [3.05, 3.63) is 24.0 Å². The highest BCUT2D eigenvalue weighted by molar-refractivity contribution is 7.89. The maximum Gasteiger partial charge on any atom is 0.243 e. The Morgan fingerprint density at radius 3 is 2.59 bits per heavy atom. The Kier molecular flexibility index (Phi) is 6.95. The Morgan fingerprint density at radius 2 is 1.93 bits per heavy atom. The maximum absolute atomic E-state index is 12.8. The van der Waals surface area contributed by atoms with Crippen LogP contribution >= 0.6 is 0 Å². The highest BCUT2D eigenvalue weighted by atomic mass is 32.2. The van der Waals surface area contributed by atoms with Gasteiger partial charge in [-0.15, -0.1) is 0 Å². The molecule has 1 heterocycles. The number of amides is 1. The molecule has 0 bridgehead atoms. The van der Waals surface area contributed by atoms with Crippen LogP contribution in [0.3, 0.4) is 0 Å². The van der Waals surface area contributed by atoms with Crippen molar-refractivity contribution in [3.8, 4) is 0 Å². The van der Waals surface area contributed by atoms with Gasteiger partial charge >= 0.3 is 0 Å². The van der Waals surface area contributed by atoms with Crippen molar-refractivity contribution < 1.29 is 13.2 Å². The molecule has 1 aromatic heterocycles. The van der Waals surface area contributed by atoms with Gasteiger partial charge < -0.3 is 9.88 Å². The van der Waals surface area contributed by atoms with E-state index in [-0.39, 0.29) is 10.8 Å². The van der Waals surface area contributed by atoms with Gasteiger partial charge in [0.2, 0.25) is 15.9 Å². The first-order valence-electron chi connectivity index (χ1n) is 10.6. The summed E-state index contributed by atoms with van der Waals surface area (Å²) in [6, 6.07) is 5.06. The molecule has 29 heavy (non-hydrogen) atoms. The van der Waals surface area contributed by atoms with Gasteiger partial charge in [0.25, 0.3) is 0 Å². The number of aryl methyl sites for hydroxylation is 2. The van der Waals surface area contributed by atoms with Gasteiger partial charge in [-0.1, -0.05) is 26.7 Å². The average molecular weight is 421 g/mol. The summed E-state index contributed by atoms with van der Waals surface area (Å²) in [5.41, 5.74) is 1.51. The summed E-state index contributed by atoms with van der Waals surface area (Å²) < 4.78 is 28.9. The van der Waals surface area contributed by atoms with Crippen molar-refractivity contribution in [2.45, 2.75) is 57.3 Å². The zero-order valence-electron chi connectivity index (χ0n) is 17.6. The number of hydrogen-bond donors (Lipinski definition) is 1. The highest BCUT2D eigenvalue weighted by Gasteiger charge is 2.23. The van der Waals surface area contributed by atoms with E-state index in [4.69, 9.17) is 0 Å². The van der Waals surface area contributed by atoms with Crippen molar-refractivity contribution in [3.63, 3.8) is 0 Å². The Bertz CT molecular complexity index is 958. The molecule has 0 saturated heterocycles. The molecule has 3 rings (SSSR count). The standard InChI is InChI=1S/C21H32N4O3S/c1-4-25(5-2)29(27,28)17-10-11-19-18(14-17)23-20(24(19)3)12-13-21(26)22-15-16-8-6-7-9-16/h10-11,14,16H,4-9,12-13,15H2,1-3H3,(H,22,26). The molecule has 1 amide bonds. The number of sulfonamides is 1. The Morgan fingerprint density at radius 1 is 1.24 bits per heavy atom. The number of imidazole rings is 1. The van der Waals surface area contributed by atoms with Gasteiger partial charge in [0.05, 0.1) is 15.9 Å². The van der Waals surface area contributed by atoms with Crippen LogP contribution in [-0.4, -0.2) is 47.8 Å². The highest BCUT2D eigenvalue weighted by Crippen LogP contribution is 2.24. The number of hydrogen-bond acceptors (Lipinski definition) is 4. The smallest absolute Gasteiger partial charge is 0.243 e. The third-order valence-corrected chi connectivity index (χ3v) is 7.97. The lowest BCUT2D eigenvalue weighted by Gasteiger charge is -2.18. The minimum Gasteiger partial charge on any atom is -0.356 e. The minimum absolute atomic E-state index is 0.0498. The SMILES string of the molecule is CCN(CC)S(=O)(=O)c1ccc2c(c1)nc(CCC(=O)NCC1CCCC1)n2C. The predicted octanol–water partition coefficient (Wildman–Crippen LogP) is 2.84. The van der Waals surface area contributed by atoms with E-state index in [2.05, 4.69) is 10.3 Å². The zero-order valence-corrected chi connectivity index (χ0v) is 18.5. The van der Waals surface area contributed by atoms with Crippen LogP contribution in [0.15, 0.2) is 23.1 Å². The summed E-state index contributed by atoms with van der Waals surface area (Å²) >= 11 is 0. The topological polar surface area (TPSA) is 84.3 Å². The molecule has 1 aliphatic rings. The quantitative estimate of drug-likeness (QED) is 0.676. The molecular weight excluding hydrogens is 388 g/mol. The van der Waals surface area contributed by atoms with E-state index in [1.54, 1.807) is 18.2 Å². The summed E-state index contributed by atoms with van der Waals surface area (Å²) in [5.74, 6) is 1.46. The lowest BCUT2D eigenvalue weighted by molar-refractivity contribution is -0.121. The fourth-order valence-corrected chi connectivity index (χ4v) is 5.59. The fourth-order valence-electron chi connectivity index (χ4n) is 4.11. The normalized spacial score (nSPS) is 15.4. The molecule has 8 heteroatoms. The first kappa shape index (κ1) is 21.8. The van der Waals surface area contributed by atoms with Gasteiger partial charge in [0, 0.05) is 39.5 Å². The molecule has 1 aromatic carbocycles. The number of nitrogens with zero attached hydrogens (tertiary/aromatic N) is 3. The number of carbonyl (C=O) groups excluding carboxylic acids is 1. The van der Waals surface area contributed by atoms with Crippen LogP contribution in [0.1, 0.15) is 51.8 Å². The van der Waals surface area contributed by atoms with Crippen LogP contribution in [0.4, 0.5) is 0 Å². The van der Waals surface area contributed by atoms with Crippen LogP contribution < -0.4 is 5.32 Å². The Hall–Kier alpha value is -1.93. The zero-order chi connectivity index (χ0) is 21.0. The molecule has 0 aliphatic heterocycles. The summed E-state index contributed by atoms with van der Waals surface area (Å²) in [6.07, 6.45) is 5.88. The Balaban J connectivity index is 1.69. The van der Waals surface area contributed by atoms with Crippen LogP contribution in [0.2, 0.25) is 0 Å². The largest absolute Gasteiger partial charge is 0.356 e. The lowest BCUT2D eigenvalue weighted by Crippen LogP contribution is -2.30. The van der Waals surface area contributed by atoms with E-state index >= 15 is 0 Å². The van der Waals surface area contributed by atoms with Crippen molar-refractivity contribution in [2.24, 2.45) is 13.0 Å².